The number of nitrogens with zero attached hydrogens (tertiary/aromatic N) is 4. The van der Waals surface area contributed by atoms with Crippen LogP contribution in [-0.2, 0) is 0 Å². The van der Waals surface area contributed by atoms with E-state index < -0.39 is 0 Å². The average Bonchev–Trinajstić information content (AvgIpc) is 4.25. The summed E-state index contributed by atoms with van der Waals surface area (Å²) in [6, 6.07) is 8.23. The van der Waals surface area contributed by atoms with Gasteiger partial charge in [-0.15, -0.1) is 0 Å². The van der Waals surface area contributed by atoms with E-state index in [1.165, 1.54) is 109 Å². The molecule has 10 fully saturated rings. The predicted octanol–water partition coefficient (Wildman–Crippen LogP) is 14.3. The normalized spacial score (nSPS) is 52.9. The van der Waals surface area contributed by atoms with E-state index in [1.807, 2.05) is 5.57 Å². The summed E-state index contributed by atoms with van der Waals surface area (Å²) in [5.74, 6) is 14.6. The van der Waals surface area contributed by atoms with Crippen molar-refractivity contribution in [3.63, 3.8) is 0 Å². The highest BCUT2D eigenvalue weighted by molar-refractivity contribution is 5.37. The standard InChI is InChI=1S/C62H86N4/c1-35(2)48-31-53(65(40-18-16-36(33-63)17-19-40)52-23-22-44-43-13-7-8-14-46(52)56(43)44)49-30-50-55-38(24-26-61(50,3)4)28-54(58-47-21-20-45(48)57(49)59(47)60(55)58)66(41-25-27-62(34-64)32-39(62)29-41)51-15-9-11-37-10-5-6-12-42(37)51/h18,20-21,29-30,35-39,42-49,51-60H,5-17,19,22-28,31-32H2,1-4H3/t36?,37?,38?,39?,42?,43?,44?,45?,46?,47?,48?,49?,51?,52?,53?,54?,55?,56-,57?,58-,59?,60?,62-/m0/s1. The molecular weight excluding hydrogens is 801 g/mol. The van der Waals surface area contributed by atoms with Gasteiger partial charge >= 0.3 is 0 Å². The second-order valence-electron chi connectivity index (χ2n) is 27.8. The van der Waals surface area contributed by atoms with Gasteiger partial charge in [0.2, 0.25) is 0 Å². The Kier molecular flexibility index (Phi) is 9.97. The Morgan fingerprint density at radius 3 is 2.15 bits per heavy atom. The highest BCUT2D eigenvalue weighted by atomic mass is 15.2. The molecule has 0 aromatic carbocycles. The first-order valence-corrected chi connectivity index (χ1v) is 29.4. The maximum Gasteiger partial charge on any atom is 0.0696 e. The van der Waals surface area contributed by atoms with Crippen molar-refractivity contribution in [1.29, 1.82) is 10.5 Å². The molecule has 0 saturated heterocycles. The maximum absolute atomic E-state index is 10.4. The molecule has 0 radical (unpaired) electrons. The zero-order valence-corrected chi connectivity index (χ0v) is 41.7. The third-order valence-corrected chi connectivity index (χ3v) is 24.8. The summed E-state index contributed by atoms with van der Waals surface area (Å²) < 4.78 is 0. The van der Waals surface area contributed by atoms with Crippen LogP contribution in [-0.4, -0.2) is 34.0 Å². The molecular formula is C62H86N4. The van der Waals surface area contributed by atoms with Gasteiger partial charge in [0.25, 0.3) is 0 Å². The molecule has 0 amide bonds. The lowest BCUT2D eigenvalue weighted by molar-refractivity contribution is -0.185. The fourth-order valence-electron chi connectivity index (χ4n) is 21.9. The van der Waals surface area contributed by atoms with E-state index in [2.05, 4.69) is 80.0 Å². The van der Waals surface area contributed by atoms with Gasteiger partial charge in [0.15, 0.2) is 0 Å². The van der Waals surface area contributed by atoms with Crippen molar-refractivity contribution in [1.82, 2.24) is 9.80 Å². The molecule has 14 rings (SSSR count). The Balaban J connectivity index is 0.895. The van der Waals surface area contributed by atoms with Gasteiger partial charge in [-0.25, -0.2) is 0 Å². The summed E-state index contributed by atoms with van der Waals surface area (Å²) in [6.07, 6.45) is 45.4. The smallest absolute Gasteiger partial charge is 0.0696 e. The van der Waals surface area contributed by atoms with Crippen LogP contribution in [0, 0.1) is 146 Å². The lowest BCUT2D eigenvalue weighted by Crippen LogP contribution is -2.69. The minimum atomic E-state index is -0.0419. The minimum absolute atomic E-state index is 0.0419. The topological polar surface area (TPSA) is 54.1 Å². The Morgan fingerprint density at radius 2 is 1.36 bits per heavy atom. The van der Waals surface area contributed by atoms with E-state index in [9.17, 15) is 10.5 Å². The van der Waals surface area contributed by atoms with Crippen molar-refractivity contribution in [3.8, 4) is 12.1 Å². The molecule has 20 unspecified atom stereocenters. The second-order valence-corrected chi connectivity index (χ2v) is 27.8. The average molecular weight is 887 g/mol. The van der Waals surface area contributed by atoms with Gasteiger partial charge in [0.05, 0.1) is 23.5 Å². The molecule has 0 aliphatic heterocycles. The zero-order chi connectivity index (χ0) is 44.4. The highest BCUT2D eigenvalue weighted by Crippen LogP contribution is 2.74. The van der Waals surface area contributed by atoms with Crippen LogP contribution < -0.4 is 0 Å². The molecule has 354 valence electrons. The van der Waals surface area contributed by atoms with Crippen LogP contribution in [0.3, 0.4) is 0 Å². The van der Waals surface area contributed by atoms with Crippen LogP contribution in [0.25, 0.3) is 0 Å². The quantitative estimate of drug-likeness (QED) is 0.239. The molecule has 14 aliphatic carbocycles. The molecule has 23 atom stereocenters. The predicted molar refractivity (Wildman–Crippen MR) is 264 cm³/mol. The van der Waals surface area contributed by atoms with Crippen molar-refractivity contribution in [3.05, 3.63) is 47.3 Å². The molecule has 0 bridgehead atoms. The molecule has 0 aromatic heterocycles. The second kappa shape index (κ2) is 15.5. The summed E-state index contributed by atoms with van der Waals surface area (Å²) in [7, 11) is 0. The van der Waals surface area contributed by atoms with E-state index in [4.69, 9.17) is 0 Å². The first-order valence-electron chi connectivity index (χ1n) is 29.4. The lowest BCUT2D eigenvalue weighted by atomic mass is 9.37. The number of hydrogen-bond acceptors (Lipinski definition) is 4. The van der Waals surface area contributed by atoms with Crippen LogP contribution in [0.5, 0.6) is 0 Å². The summed E-state index contributed by atoms with van der Waals surface area (Å²) in [6.45, 7) is 10.6. The Labute approximate surface area is 400 Å². The van der Waals surface area contributed by atoms with Gasteiger partial charge in [0, 0.05) is 41.5 Å². The van der Waals surface area contributed by atoms with Gasteiger partial charge < -0.3 is 9.80 Å². The van der Waals surface area contributed by atoms with Gasteiger partial charge in [0.1, 0.15) is 0 Å². The van der Waals surface area contributed by atoms with Crippen molar-refractivity contribution < 1.29 is 0 Å². The zero-order valence-electron chi connectivity index (χ0n) is 41.7. The van der Waals surface area contributed by atoms with E-state index >= 15 is 0 Å². The summed E-state index contributed by atoms with van der Waals surface area (Å²) in [5.41, 5.74) is 5.59. The third-order valence-electron chi connectivity index (χ3n) is 24.8. The number of nitriles is 2. The lowest BCUT2D eigenvalue weighted by Gasteiger charge is -2.70. The van der Waals surface area contributed by atoms with E-state index in [1.54, 1.807) is 11.4 Å². The third kappa shape index (κ3) is 6.15. The molecule has 4 heteroatoms. The molecule has 0 aromatic rings. The fraction of sp³-hybridized carbons (Fsp3) is 0.839. The van der Waals surface area contributed by atoms with Crippen LogP contribution >= 0.6 is 0 Å². The molecule has 4 nitrogen and oxygen atoms in total. The van der Waals surface area contributed by atoms with Crippen molar-refractivity contribution >= 4 is 0 Å². The Hall–Kier alpha value is -2.46. The first kappa shape index (κ1) is 42.4. The fourth-order valence-corrected chi connectivity index (χ4v) is 21.9. The van der Waals surface area contributed by atoms with Gasteiger partial charge in [-0.2, -0.15) is 10.5 Å². The molecule has 0 spiro atoms. The summed E-state index contributed by atoms with van der Waals surface area (Å²) >= 11 is 0. The first-order chi connectivity index (χ1) is 32.2. The van der Waals surface area contributed by atoms with E-state index in [0.717, 1.165) is 115 Å². The van der Waals surface area contributed by atoms with Crippen molar-refractivity contribution in [2.45, 2.75) is 200 Å². The molecule has 14 aliphatic rings. The van der Waals surface area contributed by atoms with Crippen molar-refractivity contribution in [2.75, 3.05) is 0 Å². The molecule has 10 saturated carbocycles. The maximum atomic E-state index is 10.4. The largest absolute Gasteiger partial charge is 0.368 e. The number of hydrogen-bond donors (Lipinski definition) is 0. The van der Waals surface area contributed by atoms with Crippen LogP contribution in [0.4, 0.5) is 0 Å². The summed E-state index contributed by atoms with van der Waals surface area (Å²) in [4.78, 5) is 6.59. The SMILES string of the molecule is CC(C)C1CC(N(C2=CCC(C#N)CC2)C2CCC3C4CCCCC2[C@@H]43)C2C=C3C4C(CCC3(C)C)CC(N(C3=CC5C[C@]5(C#N)CC3)C3CCCC5CCCCC53)[C@@H]3C5C=CC1C2C5C43. The molecule has 66 heavy (non-hydrogen) atoms. The highest BCUT2D eigenvalue weighted by Gasteiger charge is 2.70. The van der Waals surface area contributed by atoms with Crippen LogP contribution in [0.2, 0.25) is 0 Å². The number of rotatable bonds is 7. The monoisotopic (exact) mass is 887 g/mol. The van der Waals surface area contributed by atoms with Gasteiger partial charge in [-0.3, -0.25) is 0 Å². The Bertz CT molecular complexity index is 2160. The molecule has 0 N–H and O–H groups in total. The van der Waals surface area contributed by atoms with Crippen molar-refractivity contribution in [2.24, 2.45) is 123 Å². The summed E-state index contributed by atoms with van der Waals surface area (Å²) in [5, 5.41) is 20.6. The number of allylic oxidation sites excluding steroid dienone is 7. The minimum Gasteiger partial charge on any atom is -0.368 e. The van der Waals surface area contributed by atoms with Crippen LogP contribution in [0.15, 0.2) is 47.3 Å². The number of fused-ring (bicyclic) bond motifs is 4. The van der Waals surface area contributed by atoms with E-state index in [0.29, 0.717) is 53.8 Å². The van der Waals surface area contributed by atoms with Gasteiger partial charge in [-0.05, 0) is 209 Å². The van der Waals surface area contributed by atoms with E-state index in [-0.39, 0.29) is 16.7 Å². The molecule has 0 heterocycles. The van der Waals surface area contributed by atoms with Gasteiger partial charge in [-0.1, -0.05) is 109 Å². The van der Waals surface area contributed by atoms with Crippen LogP contribution in [0.1, 0.15) is 175 Å². The Morgan fingerprint density at radius 1 is 0.606 bits per heavy atom.